The molecule has 0 heterocycles. The van der Waals surface area contributed by atoms with E-state index in [1.54, 1.807) is 6.08 Å². The Bertz CT molecular complexity index is 1220. The molecule has 0 saturated heterocycles. The SMILES string of the molecule is CCCCCCOc1ccc(CC)cc1/C=C/C(=O)c1c(OCCCCCC)c(OCCCCCC)cc(OCCCCCC)c1OCCCCCC. The van der Waals surface area contributed by atoms with Gasteiger partial charge in [0.1, 0.15) is 11.3 Å². The van der Waals surface area contributed by atoms with E-state index in [9.17, 15) is 4.79 Å². The number of unbranched alkanes of at least 4 members (excludes halogenated alkanes) is 15. The molecule has 2 aromatic rings. The van der Waals surface area contributed by atoms with Crippen LogP contribution in [0.2, 0.25) is 0 Å². The third-order valence-corrected chi connectivity index (χ3v) is 9.56. The Morgan fingerprint density at radius 3 is 1.26 bits per heavy atom. The molecule has 0 aromatic heterocycles. The lowest BCUT2D eigenvalue weighted by Crippen LogP contribution is -2.12. The molecule has 0 bridgehead atoms. The average molecular weight is 737 g/mol. The van der Waals surface area contributed by atoms with Gasteiger partial charge in [-0.2, -0.15) is 0 Å². The van der Waals surface area contributed by atoms with Crippen molar-refractivity contribution in [2.24, 2.45) is 0 Å². The summed E-state index contributed by atoms with van der Waals surface area (Å²) in [4.78, 5) is 14.7. The van der Waals surface area contributed by atoms with Crippen LogP contribution in [0.15, 0.2) is 30.3 Å². The molecule has 0 atom stereocenters. The van der Waals surface area contributed by atoms with Crippen LogP contribution in [0.5, 0.6) is 28.7 Å². The number of hydrogen-bond donors (Lipinski definition) is 0. The minimum Gasteiger partial charge on any atom is -0.493 e. The number of allylic oxidation sites excluding steroid dienone is 1. The quantitative estimate of drug-likeness (QED) is 0.0405. The van der Waals surface area contributed by atoms with Gasteiger partial charge in [0.05, 0.1) is 33.0 Å². The van der Waals surface area contributed by atoms with Gasteiger partial charge in [-0.15, -0.1) is 0 Å². The molecule has 0 N–H and O–H groups in total. The summed E-state index contributed by atoms with van der Waals surface area (Å²) < 4.78 is 32.4. The van der Waals surface area contributed by atoms with Crippen molar-refractivity contribution in [3.05, 3.63) is 47.0 Å². The highest BCUT2D eigenvalue weighted by atomic mass is 16.5. The number of carbonyl (C=O) groups is 1. The Morgan fingerprint density at radius 1 is 0.472 bits per heavy atom. The van der Waals surface area contributed by atoms with E-state index in [0.29, 0.717) is 61.6 Å². The maximum absolute atomic E-state index is 14.7. The third-order valence-electron chi connectivity index (χ3n) is 9.56. The van der Waals surface area contributed by atoms with Crippen molar-refractivity contribution < 1.29 is 28.5 Å². The van der Waals surface area contributed by atoms with Gasteiger partial charge in [-0.1, -0.05) is 144 Å². The Balaban J connectivity index is 2.65. The maximum Gasteiger partial charge on any atom is 0.193 e. The van der Waals surface area contributed by atoms with E-state index in [-0.39, 0.29) is 5.78 Å². The summed E-state index contributed by atoms with van der Waals surface area (Å²) in [6, 6.07) is 8.19. The summed E-state index contributed by atoms with van der Waals surface area (Å²) in [5.74, 6) is 2.63. The molecule has 0 aliphatic rings. The number of ether oxygens (including phenoxy) is 5. The van der Waals surface area contributed by atoms with Gasteiger partial charge >= 0.3 is 0 Å². The van der Waals surface area contributed by atoms with Gasteiger partial charge in [-0.3, -0.25) is 4.79 Å². The second-order valence-electron chi connectivity index (χ2n) is 14.4. The standard InChI is InChI=1S/C47H76O6/c1-7-13-18-23-32-49-42-31-28-39(12-6)37-40(42)29-30-41(48)45-46(52-35-26-21-16-10-4)43(50-33-24-19-14-8-2)38-44(51-34-25-20-15-9-3)47(45)53-36-27-22-17-11-5/h28-31,37-38H,7-27,32-36H2,1-6H3/b30-29+. The van der Waals surface area contributed by atoms with Gasteiger partial charge < -0.3 is 23.7 Å². The summed E-state index contributed by atoms with van der Waals surface area (Å²) in [7, 11) is 0. The number of aryl methyl sites for hydroxylation is 1. The topological polar surface area (TPSA) is 63.2 Å². The highest BCUT2D eigenvalue weighted by molar-refractivity contribution is 6.11. The maximum atomic E-state index is 14.7. The highest BCUT2D eigenvalue weighted by Gasteiger charge is 2.27. The van der Waals surface area contributed by atoms with Gasteiger partial charge in [-0.05, 0) is 68.4 Å². The van der Waals surface area contributed by atoms with Crippen LogP contribution in [-0.4, -0.2) is 38.8 Å². The Morgan fingerprint density at radius 2 is 0.868 bits per heavy atom. The summed E-state index contributed by atoms with van der Waals surface area (Å²) in [6.07, 6.45) is 26.2. The second-order valence-corrected chi connectivity index (χ2v) is 14.4. The van der Waals surface area contributed by atoms with Crippen LogP contribution in [0.25, 0.3) is 6.08 Å². The molecule has 300 valence electrons. The van der Waals surface area contributed by atoms with Crippen molar-refractivity contribution in [3.63, 3.8) is 0 Å². The van der Waals surface area contributed by atoms with Crippen molar-refractivity contribution in [1.82, 2.24) is 0 Å². The minimum absolute atomic E-state index is 0.194. The first-order valence-corrected chi connectivity index (χ1v) is 21.7. The number of rotatable bonds is 34. The number of benzene rings is 2. The molecule has 0 saturated carbocycles. The van der Waals surface area contributed by atoms with Crippen molar-refractivity contribution in [2.45, 2.75) is 176 Å². The zero-order valence-corrected chi connectivity index (χ0v) is 34.8. The summed E-state index contributed by atoms with van der Waals surface area (Å²) in [5.41, 5.74) is 2.48. The van der Waals surface area contributed by atoms with Crippen LogP contribution in [-0.2, 0) is 6.42 Å². The molecule has 0 aliphatic carbocycles. The molecule has 0 unspecified atom stereocenters. The Labute approximate surface area is 324 Å². The van der Waals surface area contributed by atoms with E-state index in [4.69, 9.17) is 23.7 Å². The normalized spacial score (nSPS) is 11.3. The van der Waals surface area contributed by atoms with E-state index in [2.05, 4.69) is 53.7 Å². The first-order valence-electron chi connectivity index (χ1n) is 21.7. The lowest BCUT2D eigenvalue weighted by atomic mass is 10.0. The van der Waals surface area contributed by atoms with E-state index >= 15 is 0 Å². The third kappa shape index (κ3) is 18.6. The molecule has 0 radical (unpaired) electrons. The first kappa shape index (κ1) is 46.0. The van der Waals surface area contributed by atoms with Crippen LogP contribution in [0.3, 0.4) is 0 Å². The molecule has 2 aromatic carbocycles. The van der Waals surface area contributed by atoms with E-state index in [0.717, 1.165) is 120 Å². The summed E-state index contributed by atoms with van der Waals surface area (Å²) in [5, 5.41) is 0. The largest absolute Gasteiger partial charge is 0.493 e. The Hall–Kier alpha value is -3.15. The zero-order valence-electron chi connectivity index (χ0n) is 34.8. The van der Waals surface area contributed by atoms with Crippen molar-refractivity contribution >= 4 is 11.9 Å². The fraction of sp³-hybridized carbons (Fsp3) is 0.681. The van der Waals surface area contributed by atoms with Crippen LogP contribution < -0.4 is 23.7 Å². The summed E-state index contributed by atoms with van der Waals surface area (Å²) in [6.45, 7) is 15.9. The van der Waals surface area contributed by atoms with Gasteiger partial charge in [0.25, 0.3) is 0 Å². The van der Waals surface area contributed by atoms with Crippen molar-refractivity contribution in [2.75, 3.05) is 33.0 Å². The molecule has 2 rings (SSSR count). The van der Waals surface area contributed by atoms with Crippen LogP contribution in [0.4, 0.5) is 0 Å². The molecule has 6 nitrogen and oxygen atoms in total. The van der Waals surface area contributed by atoms with E-state index in [1.165, 1.54) is 31.2 Å². The van der Waals surface area contributed by atoms with Crippen molar-refractivity contribution in [1.29, 1.82) is 0 Å². The monoisotopic (exact) mass is 737 g/mol. The molecule has 0 amide bonds. The second kappa shape index (κ2) is 30.2. The minimum atomic E-state index is -0.194. The number of carbonyl (C=O) groups excluding carboxylic acids is 1. The Kier molecular flexibility index (Phi) is 26.2. The zero-order chi connectivity index (χ0) is 38.4. The van der Waals surface area contributed by atoms with Gasteiger partial charge in [0, 0.05) is 11.6 Å². The van der Waals surface area contributed by atoms with Crippen molar-refractivity contribution in [3.8, 4) is 28.7 Å². The van der Waals surface area contributed by atoms with E-state index < -0.39 is 0 Å². The van der Waals surface area contributed by atoms with Gasteiger partial charge in [0.15, 0.2) is 28.8 Å². The lowest BCUT2D eigenvalue weighted by Gasteiger charge is -2.22. The van der Waals surface area contributed by atoms with Crippen LogP contribution in [0, 0.1) is 0 Å². The molecule has 0 aliphatic heterocycles. The predicted molar refractivity (Wildman–Crippen MR) is 224 cm³/mol. The fourth-order valence-electron chi connectivity index (χ4n) is 6.19. The highest BCUT2D eigenvalue weighted by Crippen LogP contribution is 2.46. The average Bonchev–Trinajstić information content (AvgIpc) is 3.17. The fourth-order valence-corrected chi connectivity index (χ4v) is 6.19. The number of hydrogen-bond acceptors (Lipinski definition) is 6. The molecular weight excluding hydrogens is 661 g/mol. The van der Waals surface area contributed by atoms with Crippen LogP contribution in [0.1, 0.15) is 191 Å². The smallest absolute Gasteiger partial charge is 0.193 e. The number of ketones is 1. The predicted octanol–water partition coefficient (Wildman–Crippen LogP) is 13.9. The molecular formula is C47H76O6. The molecule has 6 heteroatoms. The van der Waals surface area contributed by atoms with Crippen LogP contribution >= 0.6 is 0 Å². The first-order chi connectivity index (χ1) is 26.0. The van der Waals surface area contributed by atoms with Gasteiger partial charge in [-0.25, -0.2) is 0 Å². The van der Waals surface area contributed by atoms with Gasteiger partial charge in [0.2, 0.25) is 0 Å². The summed E-state index contributed by atoms with van der Waals surface area (Å²) >= 11 is 0. The molecule has 0 fully saturated rings. The molecule has 0 spiro atoms. The van der Waals surface area contributed by atoms with E-state index in [1.807, 2.05) is 18.2 Å². The lowest BCUT2D eigenvalue weighted by molar-refractivity contribution is 0.103. The molecule has 53 heavy (non-hydrogen) atoms.